The molecule has 0 aromatic rings. The van der Waals surface area contributed by atoms with Crippen molar-refractivity contribution in [1.29, 1.82) is 5.41 Å². The van der Waals surface area contributed by atoms with Crippen LogP contribution in [0.15, 0.2) is 0 Å². The summed E-state index contributed by atoms with van der Waals surface area (Å²) in [6.45, 7) is 5.14. The normalized spacial score (nSPS) is 22.8. The van der Waals surface area contributed by atoms with Crippen molar-refractivity contribution >= 4 is 6.08 Å². The molecule has 0 aromatic heterocycles. The zero-order chi connectivity index (χ0) is 13.4. The third-order valence-corrected chi connectivity index (χ3v) is 5.31. The van der Waals surface area contributed by atoms with E-state index < -0.39 is 0 Å². The van der Waals surface area contributed by atoms with E-state index in [9.17, 15) is 0 Å². The van der Waals surface area contributed by atoms with Gasteiger partial charge in [0.15, 0.2) is 0 Å². The van der Waals surface area contributed by atoms with Gasteiger partial charge in [0.2, 0.25) is 6.08 Å². The summed E-state index contributed by atoms with van der Waals surface area (Å²) in [5.41, 5.74) is 0.640. The molecule has 0 aromatic carbocycles. The van der Waals surface area contributed by atoms with Crippen LogP contribution in [0.25, 0.3) is 0 Å². The van der Waals surface area contributed by atoms with Crippen LogP contribution in [0.4, 0.5) is 0 Å². The van der Waals surface area contributed by atoms with Crippen molar-refractivity contribution in [3.05, 3.63) is 0 Å². The molecule has 2 aliphatic carbocycles. The average molecular weight is 251 g/mol. The number of rotatable bonds is 2. The second-order valence-corrected chi connectivity index (χ2v) is 6.59. The molecule has 2 saturated carbocycles. The third kappa shape index (κ3) is 4.24. The van der Waals surface area contributed by atoms with E-state index in [1.165, 1.54) is 64.2 Å². The van der Waals surface area contributed by atoms with E-state index in [0.29, 0.717) is 5.41 Å². The lowest BCUT2D eigenvalue weighted by Gasteiger charge is -2.44. The average Bonchev–Trinajstić information content (AvgIpc) is 2.42. The number of hydrogen-bond donors (Lipinski definition) is 1. The third-order valence-electron chi connectivity index (χ3n) is 5.31. The van der Waals surface area contributed by atoms with Gasteiger partial charge in [-0.15, -0.1) is 0 Å². The molecular weight excluding hydrogens is 222 g/mol. The quantitative estimate of drug-likeness (QED) is 0.540. The van der Waals surface area contributed by atoms with Gasteiger partial charge in [0.05, 0.1) is 0 Å². The second-order valence-electron chi connectivity index (χ2n) is 6.59. The maximum atomic E-state index is 8.35. The summed E-state index contributed by atoms with van der Waals surface area (Å²) >= 11 is 0. The Balaban J connectivity index is 0.000000492. The number of isocyanates is 1. The van der Waals surface area contributed by atoms with Gasteiger partial charge in [-0.2, -0.15) is 0 Å². The first-order chi connectivity index (χ1) is 8.62. The van der Waals surface area contributed by atoms with E-state index in [1.807, 2.05) is 0 Å². The standard InChI is InChI=1S/C15H28.CHNO/c1-15(2,13-9-5-3-6-10-13)14-11-7-4-8-12-14;2-1-3/h13-14H,3-12H2,1-2H3;2H. The molecule has 18 heavy (non-hydrogen) atoms. The van der Waals surface area contributed by atoms with E-state index in [0.717, 1.165) is 17.9 Å². The Hall–Kier alpha value is -0.620. The molecule has 2 aliphatic rings. The number of hydrogen-bond acceptors (Lipinski definition) is 2. The minimum atomic E-state index is 0.640. The van der Waals surface area contributed by atoms with Gasteiger partial charge in [-0.05, 0) is 42.9 Å². The van der Waals surface area contributed by atoms with Crippen molar-refractivity contribution in [3.63, 3.8) is 0 Å². The topological polar surface area (TPSA) is 40.9 Å². The van der Waals surface area contributed by atoms with E-state index >= 15 is 0 Å². The predicted octanol–water partition coefficient (Wildman–Crippen LogP) is 5.07. The molecule has 0 amide bonds. The molecule has 2 nitrogen and oxygen atoms in total. The van der Waals surface area contributed by atoms with Gasteiger partial charge in [-0.25, -0.2) is 10.2 Å². The van der Waals surface area contributed by atoms with Crippen molar-refractivity contribution < 1.29 is 4.79 Å². The van der Waals surface area contributed by atoms with Gasteiger partial charge in [0.1, 0.15) is 0 Å². The Labute approximate surface area is 112 Å². The van der Waals surface area contributed by atoms with Gasteiger partial charge >= 0.3 is 0 Å². The number of nitrogens with one attached hydrogen (secondary N) is 1. The zero-order valence-corrected chi connectivity index (χ0v) is 12.1. The van der Waals surface area contributed by atoms with Gasteiger partial charge in [0, 0.05) is 0 Å². The van der Waals surface area contributed by atoms with Crippen molar-refractivity contribution in [2.75, 3.05) is 0 Å². The van der Waals surface area contributed by atoms with Crippen LogP contribution in [0.2, 0.25) is 0 Å². The molecule has 0 saturated heterocycles. The molecule has 0 bridgehead atoms. The summed E-state index contributed by atoms with van der Waals surface area (Å²) in [7, 11) is 0. The summed E-state index contributed by atoms with van der Waals surface area (Å²) in [4.78, 5) is 8.35. The second kappa shape index (κ2) is 7.74. The zero-order valence-electron chi connectivity index (χ0n) is 12.1. The predicted molar refractivity (Wildman–Crippen MR) is 75.3 cm³/mol. The van der Waals surface area contributed by atoms with Crippen LogP contribution in [0.5, 0.6) is 0 Å². The molecule has 1 N–H and O–H groups in total. The molecule has 0 unspecified atom stereocenters. The summed E-state index contributed by atoms with van der Waals surface area (Å²) in [5, 5.41) is 5.40. The van der Waals surface area contributed by atoms with Crippen molar-refractivity contribution in [2.45, 2.75) is 78.1 Å². The van der Waals surface area contributed by atoms with E-state index in [2.05, 4.69) is 13.8 Å². The van der Waals surface area contributed by atoms with E-state index in [-0.39, 0.29) is 0 Å². The molecule has 0 radical (unpaired) electrons. The van der Waals surface area contributed by atoms with Crippen LogP contribution < -0.4 is 0 Å². The molecule has 0 heterocycles. The van der Waals surface area contributed by atoms with Crippen LogP contribution in [0, 0.1) is 22.7 Å². The fraction of sp³-hybridized carbons (Fsp3) is 0.938. The highest BCUT2D eigenvalue weighted by atomic mass is 16.1. The highest BCUT2D eigenvalue weighted by molar-refractivity contribution is 5.26. The first kappa shape index (κ1) is 15.4. The summed E-state index contributed by atoms with van der Waals surface area (Å²) in [6, 6.07) is 0. The van der Waals surface area contributed by atoms with Gasteiger partial charge in [-0.1, -0.05) is 52.4 Å². The van der Waals surface area contributed by atoms with E-state index in [1.54, 1.807) is 0 Å². The maximum Gasteiger partial charge on any atom is 0.231 e. The molecule has 2 heteroatoms. The van der Waals surface area contributed by atoms with Crippen molar-refractivity contribution in [2.24, 2.45) is 17.3 Å². The largest absolute Gasteiger partial charge is 0.231 e. The van der Waals surface area contributed by atoms with Crippen LogP contribution in [0.3, 0.4) is 0 Å². The first-order valence-electron chi connectivity index (χ1n) is 7.66. The fourth-order valence-electron chi connectivity index (χ4n) is 4.03. The fourth-order valence-corrected chi connectivity index (χ4v) is 4.03. The molecule has 0 atom stereocenters. The lowest BCUT2D eigenvalue weighted by molar-refractivity contribution is 0.0587. The van der Waals surface area contributed by atoms with Gasteiger partial charge in [-0.3, -0.25) is 0 Å². The summed E-state index contributed by atoms with van der Waals surface area (Å²) in [6.07, 6.45) is 15.8. The minimum absolute atomic E-state index is 0.640. The summed E-state index contributed by atoms with van der Waals surface area (Å²) in [5.74, 6) is 2.07. The maximum absolute atomic E-state index is 8.35. The first-order valence-corrected chi connectivity index (χ1v) is 7.66. The molecule has 0 aliphatic heterocycles. The SMILES string of the molecule is CC(C)(C1CCCCC1)C1CCCCC1.N=C=O. The lowest BCUT2D eigenvalue weighted by Crippen LogP contribution is -2.35. The van der Waals surface area contributed by atoms with Crippen LogP contribution >= 0.6 is 0 Å². The smallest absolute Gasteiger partial charge is 0.222 e. The molecule has 2 fully saturated rings. The highest BCUT2D eigenvalue weighted by Crippen LogP contribution is 2.48. The molecular formula is C16H29NO. The minimum Gasteiger partial charge on any atom is -0.222 e. The van der Waals surface area contributed by atoms with Crippen LogP contribution in [0.1, 0.15) is 78.1 Å². The Bertz CT molecular complexity index is 234. The van der Waals surface area contributed by atoms with Crippen molar-refractivity contribution in [1.82, 2.24) is 0 Å². The molecule has 104 valence electrons. The van der Waals surface area contributed by atoms with Crippen molar-refractivity contribution in [3.8, 4) is 0 Å². The molecule has 0 spiro atoms. The monoisotopic (exact) mass is 251 g/mol. The van der Waals surface area contributed by atoms with E-state index in [4.69, 9.17) is 10.2 Å². The Morgan fingerprint density at radius 1 is 0.833 bits per heavy atom. The lowest BCUT2D eigenvalue weighted by atomic mass is 9.61. The van der Waals surface area contributed by atoms with Crippen LogP contribution in [-0.4, -0.2) is 6.08 Å². The highest BCUT2D eigenvalue weighted by Gasteiger charge is 2.37. The Morgan fingerprint density at radius 3 is 1.39 bits per heavy atom. The van der Waals surface area contributed by atoms with Crippen LogP contribution in [-0.2, 0) is 4.79 Å². The van der Waals surface area contributed by atoms with Gasteiger partial charge in [0.25, 0.3) is 0 Å². The van der Waals surface area contributed by atoms with Gasteiger partial charge < -0.3 is 0 Å². The number of carbonyl (C=O) groups excluding carboxylic acids is 1. The summed E-state index contributed by atoms with van der Waals surface area (Å²) < 4.78 is 0. The Morgan fingerprint density at radius 2 is 1.11 bits per heavy atom. The Kier molecular flexibility index (Phi) is 6.63. The molecule has 2 rings (SSSR count).